The van der Waals surface area contributed by atoms with Crippen molar-refractivity contribution in [1.29, 1.82) is 0 Å². The smallest absolute Gasteiger partial charge is 0.319 e. The molecule has 1 aliphatic rings. The summed E-state index contributed by atoms with van der Waals surface area (Å²) < 4.78 is 0. The minimum atomic E-state index is -0.300. The highest BCUT2D eigenvalue weighted by atomic mass is 32.1. The van der Waals surface area contributed by atoms with Gasteiger partial charge in [-0.3, -0.25) is 4.79 Å². The lowest BCUT2D eigenvalue weighted by atomic mass is 10.1. The van der Waals surface area contributed by atoms with Gasteiger partial charge in [0.1, 0.15) is 0 Å². The zero-order valence-corrected chi connectivity index (χ0v) is 17.7. The van der Waals surface area contributed by atoms with Crippen LogP contribution in [-0.4, -0.2) is 34.9 Å². The largest absolute Gasteiger partial charge is 0.338 e. The zero-order valence-electron chi connectivity index (χ0n) is 16.1. The van der Waals surface area contributed by atoms with E-state index in [1.807, 2.05) is 42.2 Å². The van der Waals surface area contributed by atoms with Crippen LogP contribution in [0.25, 0.3) is 10.6 Å². The molecule has 29 heavy (non-hydrogen) atoms. The monoisotopic (exact) mass is 426 g/mol. The number of urea groups is 1. The molecule has 0 saturated heterocycles. The van der Waals surface area contributed by atoms with Crippen molar-refractivity contribution in [3.63, 3.8) is 0 Å². The van der Waals surface area contributed by atoms with Gasteiger partial charge in [-0.15, -0.1) is 22.7 Å². The summed E-state index contributed by atoms with van der Waals surface area (Å²) in [5.41, 5.74) is 2.96. The summed E-state index contributed by atoms with van der Waals surface area (Å²) in [6, 6.07) is 11.1. The quantitative estimate of drug-likeness (QED) is 0.640. The SMILES string of the molecule is Cc1nc(-c2cc3c(s2)CCN(C(=O)CCNC(=O)Nc2ccccc2)C3)cs1. The lowest BCUT2D eigenvalue weighted by Crippen LogP contribution is -2.38. The number of amides is 3. The number of rotatable bonds is 5. The average molecular weight is 427 g/mol. The Hall–Kier alpha value is -2.71. The lowest BCUT2D eigenvalue weighted by molar-refractivity contribution is -0.131. The molecule has 0 radical (unpaired) electrons. The number of benzene rings is 1. The summed E-state index contributed by atoms with van der Waals surface area (Å²) in [6.07, 6.45) is 1.16. The van der Waals surface area contributed by atoms with Crippen molar-refractivity contribution in [2.45, 2.75) is 26.3 Å². The second-order valence-corrected chi connectivity index (χ2v) is 9.07. The van der Waals surface area contributed by atoms with Crippen LogP contribution in [0.5, 0.6) is 0 Å². The third-order valence-corrected chi connectivity index (χ3v) is 6.78. The van der Waals surface area contributed by atoms with Gasteiger partial charge in [0, 0.05) is 42.0 Å². The molecule has 0 fully saturated rings. The van der Waals surface area contributed by atoms with Crippen LogP contribution in [0.4, 0.5) is 10.5 Å². The normalized spacial score (nSPS) is 13.1. The number of thiophene rings is 1. The second kappa shape index (κ2) is 8.75. The Bertz CT molecular complexity index is 1010. The Morgan fingerprint density at radius 1 is 1.24 bits per heavy atom. The molecule has 2 N–H and O–H groups in total. The number of hydrogen-bond acceptors (Lipinski definition) is 5. The van der Waals surface area contributed by atoms with E-state index in [0.29, 0.717) is 19.5 Å². The van der Waals surface area contributed by atoms with Gasteiger partial charge in [0.05, 0.1) is 15.6 Å². The molecular weight excluding hydrogens is 404 g/mol. The van der Waals surface area contributed by atoms with Crippen molar-refractivity contribution in [2.24, 2.45) is 0 Å². The van der Waals surface area contributed by atoms with E-state index in [1.54, 1.807) is 22.7 Å². The minimum absolute atomic E-state index is 0.0629. The third kappa shape index (κ3) is 4.83. The fraction of sp³-hybridized carbons (Fsp3) is 0.286. The van der Waals surface area contributed by atoms with Crippen molar-refractivity contribution in [2.75, 3.05) is 18.4 Å². The maximum atomic E-state index is 12.6. The predicted molar refractivity (Wildman–Crippen MR) is 117 cm³/mol. The van der Waals surface area contributed by atoms with Crippen molar-refractivity contribution in [1.82, 2.24) is 15.2 Å². The van der Waals surface area contributed by atoms with E-state index in [-0.39, 0.29) is 11.9 Å². The van der Waals surface area contributed by atoms with E-state index in [4.69, 9.17) is 0 Å². The molecule has 1 aliphatic heterocycles. The Kier molecular flexibility index (Phi) is 5.92. The highest BCUT2D eigenvalue weighted by Crippen LogP contribution is 2.35. The summed E-state index contributed by atoms with van der Waals surface area (Å²) in [5.74, 6) is 0.0629. The number of aryl methyl sites for hydroxylation is 1. The first-order valence-electron chi connectivity index (χ1n) is 9.50. The Balaban J connectivity index is 1.27. The minimum Gasteiger partial charge on any atom is -0.338 e. The van der Waals surface area contributed by atoms with E-state index >= 15 is 0 Å². The number of carbonyl (C=O) groups excluding carboxylic acids is 2. The summed E-state index contributed by atoms with van der Waals surface area (Å²) in [4.78, 5) is 33.5. The number of carbonyl (C=O) groups is 2. The molecule has 6 nitrogen and oxygen atoms in total. The van der Waals surface area contributed by atoms with E-state index < -0.39 is 0 Å². The number of para-hydroxylation sites is 1. The molecule has 2 aromatic heterocycles. The van der Waals surface area contributed by atoms with Crippen LogP contribution in [0, 0.1) is 6.92 Å². The molecular formula is C21H22N4O2S2. The molecule has 0 bridgehead atoms. The average Bonchev–Trinajstić information content (AvgIpc) is 3.34. The molecule has 150 valence electrons. The molecule has 0 atom stereocenters. The van der Waals surface area contributed by atoms with Gasteiger partial charge in [-0.25, -0.2) is 9.78 Å². The van der Waals surface area contributed by atoms with Crippen molar-refractivity contribution < 1.29 is 9.59 Å². The molecule has 0 saturated carbocycles. The summed E-state index contributed by atoms with van der Waals surface area (Å²) in [5, 5.41) is 8.64. The molecule has 4 rings (SSSR count). The van der Waals surface area contributed by atoms with Gasteiger partial charge < -0.3 is 15.5 Å². The van der Waals surface area contributed by atoms with Crippen molar-refractivity contribution >= 4 is 40.3 Å². The fourth-order valence-corrected chi connectivity index (χ4v) is 5.10. The number of fused-ring (bicyclic) bond motifs is 1. The zero-order chi connectivity index (χ0) is 20.2. The first-order chi connectivity index (χ1) is 14.1. The van der Waals surface area contributed by atoms with Crippen LogP contribution in [0.1, 0.15) is 21.9 Å². The van der Waals surface area contributed by atoms with Gasteiger partial charge in [0.25, 0.3) is 0 Å². The first kappa shape index (κ1) is 19.6. The molecule has 3 amide bonds. The Morgan fingerprint density at radius 3 is 2.83 bits per heavy atom. The van der Waals surface area contributed by atoms with Gasteiger partial charge >= 0.3 is 6.03 Å². The summed E-state index contributed by atoms with van der Waals surface area (Å²) in [7, 11) is 0. The molecule has 1 aromatic carbocycles. The van der Waals surface area contributed by atoms with Crippen LogP contribution in [0.15, 0.2) is 41.8 Å². The Labute approximate surface area is 177 Å². The van der Waals surface area contributed by atoms with E-state index in [9.17, 15) is 9.59 Å². The third-order valence-electron chi connectivity index (χ3n) is 4.75. The van der Waals surface area contributed by atoms with Crippen molar-refractivity contribution in [3.8, 4) is 10.6 Å². The van der Waals surface area contributed by atoms with Gasteiger partial charge in [-0.2, -0.15) is 0 Å². The van der Waals surface area contributed by atoms with Crippen molar-refractivity contribution in [3.05, 3.63) is 57.2 Å². The van der Waals surface area contributed by atoms with Gasteiger partial charge in [0.2, 0.25) is 5.91 Å². The lowest BCUT2D eigenvalue weighted by Gasteiger charge is -2.27. The molecule has 8 heteroatoms. The summed E-state index contributed by atoms with van der Waals surface area (Å²) >= 11 is 3.43. The van der Waals surface area contributed by atoms with Gasteiger partial charge in [0.15, 0.2) is 0 Å². The maximum Gasteiger partial charge on any atom is 0.319 e. The predicted octanol–water partition coefficient (Wildman–Crippen LogP) is 4.28. The number of aromatic nitrogens is 1. The van der Waals surface area contributed by atoms with E-state index in [1.165, 1.54) is 15.3 Å². The van der Waals surface area contributed by atoms with Crippen LogP contribution < -0.4 is 10.6 Å². The standard InChI is InChI=1S/C21H22N4O2S2/c1-14-23-17(13-28-14)19-11-15-12-25(10-8-18(15)29-19)20(26)7-9-22-21(27)24-16-5-3-2-4-6-16/h2-6,11,13H,7-10,12H2,1H3,(H2,22,24,27). The number of nitrogens with one attached hydrogen (secondary N) is 2. The topological polar surface area (TPSA) is 74.3 Å². The van der Waals surface area contributed by atoms with Gasteiger partial charge in [-0.1, -0.05) is 18.2 Å². The van der Waals surface area contributed by atoms with Gasteiger partial charge in [-0.05, 0) is 37.1 Å². The molecule has 0 spiro atoms. The van der Waals surface area contributed by atoms with Crippen LogP contribution in [0.3, 0.4) is 0 Å². The second-order valence-electron chi connectivity index (χ2n) is 6.87. The number of thiazole rings is 1. The fourth-order valence-electron chi connectivity index (χ4n) is 3.29. The molecule has 0 unspecified atom stereocenters. The number of hydrogen-bond donors (Lipinski definition) is 2. The van der Waals surface area contributed by atoms with E-state index in [2.05, 4.69) is 27.1 Å². The van der Waals surface area contributed by atoms with Crippen LogP contribution >= 0.6 is 22.7 Å². The molecule has 3 aromatic rings. The van der Waals surface area contributed by atoms with Crippen LogP contribution in [-0.2, 0) is 17.8 Å². The number of anilines is 1. The number of nitrogens with zero attached hydrogens (tertiary/aromatic N) is 2. The molecule has 3 heterocycles. The van der Waals surface area contributed by atoms with E-state index in [0.717, 1.165) is 29.4 Å². The maximum absolute atomic E-state index is 12.6. The first-order valence-corrected chi connectivity index (χ1v) is 11.2. The molecule has 0 aliphatic carbocycles. The highest BCUT2D eigenvalue weighted by molar-refractivity contribution is 7.16. The Morgan fingerprint density at radius 2 is 2.07 bits per heavy atom. The van der Waals surface area contributed by atoms with Crippen LogP contribution in [0.2, 0.25) is 0 Å². The summed E-state index contributed by atoms with van der Waals surface area (Å²) in [6.45, 7) is 3.67. The highest BCUT2D eigenvalue weighted by Gasteiger charge is 2.23.